The second-order valence-corrected chi connectivity index (χ2v) is 5.25. The molecule has 2 rings (SSSR count). The van der Waals surface area contributed by atoms with E-state index in [2.05, 4.69) is 11.7 Å². The Morgan fingerprint density at radius 3 is 2.50 bits per heavy atom. The maximum Gasteiger partial charge on any atom is 0.312 e. The van der Waals surface area contributed by atoms with Gasteiger partial charge in [-0.2, -0.15) is 0 Å². The minimum absolute atomic E-state index is 0.0807. The maximum atomic E-state index is 11.2. The van der Waals surface area contributed by atoms with Gasteiger partial charge in [0.2, 0.25) is 0 Å². The fraction of sp³-hybridized carbons (Fsp3) is 0.467. The van der Waals surface area contributed by atoms with E-state index in [1.54, 1.807) is 4.90 Å². The zero-order chi connectivity index (χ0) is 14.4. The van der Waals surface area contributed by atoms with Gasteiger partial charge in [-0.1, -0.05) is 31.4 Å². The van der Waals surface area contributed by atoms with E-state index in [0.29, 0.717) is 12.6 Å². The van der Waals surface area contributed by atoms with Crippen molar-refractivity contribution in [1.29, 1.82) is 5.41 Å². The summed E-state index contributed by atoms with van der Waals surface area (Å²) in [5, 5.41) is 9.90. The summed E-state index contributed by atoms with van der Waals surface area (Å²) in [6.07, 6.45) is 7.92. The highest BCUT2D eigenvalue weighted by molar-refractivity contribution is 5.89. The van der Waals surface area contributed by atoms with E-state index in [4.69, 9.17) is 11.1 Å². The molecule has 1 aromatic carbocycles. The molecule has 5 heteroatoms. The van der Waals surface area contributed by atoms with Crippen LogP contribution in [-0.2, 0) is 11.3 Å². The lowest BCUT2D eigenvalue weighted by Gasteiger charge is -2.30. The molecular formula is C15H21N4O. The molecular weight excluding hydrogens is 252 g/mol. The van der Waals surface area contributed by atoms with Crippen LogP contribution in [0.5, 0.6) is 0 Å². The predicted octanol–water partition coefficient (Wildman–Crippen LogP) is 2.19. The largest absolute Gasteiger partial charge is 0.370 e. The van der Waals surface area contributed by atoms with E-state index in [1.807, 2.05) is 24.3 Å². The average Bonchev–Trinajstić information content (AvgIpc) is 2.47. The van der Waals surface area contributed by atoms with Crippen molar-refractivity contribution in [2.75, 3.05) is 5.32 Å². The van der Waals surface area contributed by atoms with Crippen LogP contribution < -0.4 is 11.1 Å². The van der Waals surface area contributed by atoms with Gasteiger partial charge in [-0.3, -0.25) is 10.2 Å². The number of hydrogen-bond acceptors (Lipinski definition) is 2. The number of rotatable bonds is 5. The topological polar surface area (TPSA) is 82.2 Å². The first-order chi connectivity index (χ1) is 9.69. The van der Waals surface area contributed by atoms with Crippen LogP contribution in [0.15, 0.2) is 24.3 Å². The summed E-state index contributed by atoms with van der Waals surface area (Å²) in [6.45, 7) is 0.592. The number of amides is 1. The van der Waals surface area contributed by atoms with E-state index in [1.165, 1.54) is 19.3 Å². The van der Waals surface area contributed by atoms with Crippen molar-refractivity contribution >= 4 is 18.1 Å². The minimum atomic E-state index is -0.0807. The highest BCUT2D eigenvalue weighted by atomic mass is 16.1. The Kier molecular flexibility index (Phi) is 4.98. The van der Waals surface area contributed by atoms with Gasteiger partial charge in [-0.15, -0.1) is 0 Å². The van der Waals surface area contributed by atoms with Crippen molar-refractivity contribution in [3.05, 3.63) is 29.8 Å². The third-order valence-electron chi connectivity index (χ3n) is 3.72. The third-order valence-corrected chi connectivity index (χ3v) is 3.72. The number of nitrogens with two attached hydrogens (primary N) is 1. The monoisotopic (exact) mass is 273 g/mol. The minimum Gasteiger partial charge on any atom is -0.370 e. The molecule has 0 saturated heterocycles. The van der Waals surface area contributed by atoms with Gasteiger partial charge in [0, 0.05) is 18.3 Å². The van der Waals surface area contributed by atoms with Gasteiger partial charge in [-0.05, 0) is 30.5 Å². The number of benzene rings is 1. The maximum absolute atomic E-state index is 11.2. The Bertz CT molecular complexity index is 451. The number of hydrogen-bond donors (Lipinski definition) is 3. The van der Waals surface area contributed by atoms with Gasteiger partial charge in [0.25, 0.3) is 0 Å². The Balaban J connectivity index is 1.96. The molecule has 0 bridgehead atoms. The molecule has 1 aliphatic carbocycles. The summed E-state index contributed by atoms with van der Waals surface area (Å²) < 4.78 is 0. The molecule has 0 atom stereocenters. The van der Waals surface area contributed by atoms with E-state index in [9.17, 15) is 4.79 Å². The van der Waals surface area contributed by atoms with Crippen molar-refractivity contribution in [1.82, 2.24) is 4.90 Å². The van der Waals surface area contributed by atoms with Crippen molar-refractivity contribution in [3.8, 4) is 0 Å². The Morgan fingerprint density at radius 1 is 1.30 bits per heavy atom. The second kappa shape index (κ2) is 6.93. The Hall–Kier alpha value is -2.04. The highest BCUT2D eigenvalue weighted by Gasteiger charge is 2.20. The SMILES string of the molecule is N=C(N)Nc1ccc(CN([C]=O)C2CCCCC2)cc1. The zero-order valence-electron chi connectivity index (χ0n) is 11.6. The molecule has 107 valence electrons. The highest BCUT2D eigenvalue weighted by Crippen LogP contribution is 2.23. The summed E-state index contributed by atoms with van der Waals surface area (Å²) in [6, 6.07) is 7.94. The van der Waals surface area contributed by atoms with E-state index >= 15 is 0 Å². The molecule has 4 N–H and O–H groups in total. The lowest BCUT2D eigenvalue weighted by Crippen LogP contribution is -2.35. The van der Waals surface area contributed by atoms with Crippen molar-refractivity contribution < 1.29 is 4.79 Å². The predicted molar refractivity (Wildman–Crippen MR) is 80.1 cm³/mol. The van der Waals surface area contributed by atoms with Crippen LogP contribution >= 0.6 is 0 Å². The molecule has 0 aromatic heterocycles. The van der Waals surface area contributed by atoms with E-state index in [0.717, 1.165) is 24.1 Å². The average molecular weight is 273 g/mol. The van der Waals surface area contributed by atoms with E-state index < -0.39 is 0 Å². The summed E-state index contributed by atoms with van der Waals surface area (Å²) in [5.74, 6) is -0.0807. The Labute approximate surface area is 119 Å². The first-order valence-corrected chi connectivity index (χ1v) is 7.03. The fourth-order valence-electron chi connectivity index (χ4n) is 2.67. The number of guanidine groups is 1. The molecule has 1 fully saturated rings. The molecule has 1 saturated carbocycles. The lowest BCUT2D eigenvalue weighted by molar-refractivity contribution is 0.228. The number of nitrogens with one attached hydrogen (secondary N) is 2. The first kappa shape index (κ1) is 14.4. The van der Waals surface area contributed by atoms with Crippen LogP contribution in [-0.4, -0.2) is 23.3 Å². The molecule has 1 aromatic rings. The summed E-state index contributed by atoms with van der Waals surface area (Å²) >= 11 is 0. The zero-order valence-corrected chi connectivity index (χ0v) is 11.6. The number of anilines is 1. The quantitative estimate of drug-likeness (QED) is 0.437. The lowest BCUT2D eigenvalue weighted by atomic mass is 9.94. The third kappa shape index (κ3) is 3.98. The van der Waals surface area contributed by atoms with Crippen molar-refractivity contribution in [2.45, 2.75) is 44.7 Å². The number of carbonyl (C=O) groups excluding carboxylic acids is 1. The number of nitrogens with zero attached hydrogens (tertiary/aromatic N) is 1. The van der Waals surface area contributed by atoms with Gasteiger partial charge >= 0.3 is 6.41 Å². The molecule has 0 heterocycles. The van der Waals surface area contributed by atoms with Crippen LogP contribution in [0.2, 0.25) is 0 Å². The summed E-state index contributed by atoms with van der Waals surface area (Å²) in [5.41, 5.74) is 7.12. The van der Waals surface area contributed by atoms with Crippen LogP contribution in [0, 0.1) is 5.41 Å². The van der Waals surface area contributed by atoms with Crippen LogP contribution in [0.3, 0.4) is 0 Å². The Morgan fingerprint density at radius 2 is 1.95 bits per heavy atom. The van der Waals surface area contributed by atoms with Gasteiger partial charge in [0.1, 0.15) is 0 Å². The molecule has 1 amide bonds. The molecule has 20 heavy (non-hydrogen) atoms. The molecule has 5 nitrogen and oxygen atoms in total. The molecule has 1 radical (unpaired) electrons. The van der Waals surface area contributed by atoms with Crippen molar-refractivity contribution in [3.63, 3.8) is 0 Å². The molecule has 1 aliphatic rings. The van der Waals surface area contributed by atoms with E-state index in [-0.39, 0.29) is 5.96 Å². The van der Waals surface area contributed by atoms with Gasteiger partial charge < -0.3 is 16.0 Å². The van der Waals surface area contributed by atoms with Gasteiger partial charge in [0.15, 0.2) is 5.96 Å². The molecule has 0 aliphatic heterocycles. The van der Waals surface area contributed by atoms with Crippen molar-refractivity contribution in [2.24, 2.45) is 5.73 Å². The summed E-state index contributed by atoms with van der Waals surface area (Å²) in [4.78, 5) is 12.9. The smallest absolute Gasteiger partial charge is 0.312 e. The van der Waals surface area contributed by atoms with Crippen LogP contribution in [0.1, 0.15) is 37.7 Å². The van der Waals surface area contributed by atoms with Gasteiger partial charge in [-0.25, -0.2) is 0 Å². The molecule has 0 unspecified atom stereocenters. The fourth-order valence-corrected chi connectivity index (χ4v) is 2.67. The van der Waals surface area contributed by atoms with Gasteiger partial charge in [0.05, 0.1) is 0 Å². The van der Waals surface area contributed by atoms with Crippen LogP contribution in [0.4, 0.5) is 5.69 Å². The standard InChI is InChI=1S/C15H21N4O/c16-15(17)18-13-8-6-12(7-9-13)10-19(11-20)14-4-2-1-3-5-14/h6-9,14H,1-5,10H2,(H4,16,17,18). The first-order valence-electron chi connectivity index (χ1n) is 7.03. The second-order valence-electron chi connectivity index (χ2n) is 5.25. The van der Waals surface area contributed by atoms with Crippen LogP contribution in [0.25, 0.3) is 0 Å². The summed E-state index contributed by atoms with van der Waals surface area (Å²) in [7, 11) is 0. The normalized spacial score (nSPS) is 15.6. The molecule has 0 spiro atoms.